The maximum absolute atomic E-state index is 11.7. The summed E-state index contributed by atoms with van der Waals surface area (Å²) in [5, 5.41) is 29.5. The van der Waals surface area contributed by atoms with Gasteiger partial charge in [-0.3, -0.25) is 0 Å². The normalized spacial score (nSPS) is 34.7. The molecule has 4 atom stereocenters. The highest BCUT2D eigenvalue weighted by Crippen LogP contribution is 2.18. The molecule has 0 saturated carbocycles. The van der Waals surface area contributed by atoms with Gasteiger partial charge in [0.05, 0.1) is 18.3 Å². The van der Waals surface area contributed by atoms with Gasteiger partial charge in [0.25, 0.3) is 0 Å². The summed E-state index contributed by atoms with van der Waals surface area (Å²) in [7, 11) is 0. The van der Waals surface area contributed by atoms with Crippen LogP contribution in [0, 0.1) is 5.92 Å². The average molecular weight is 310 g/mol. The number of aliphatic hydroxyl groups is 3. The van der Waals surface area contributed by atoms with Crippen LogP contribution in [0.1, 0.15) is 33.6 Å². The number of esters is 1. The summed E-state index contributed by atoms with van der Waals surface area (Å²) in [5.74, 6) is -0.359. The quantitative estimate of drug-likeness (QED) is 0.504. The standard InChI is InChI=1S/C17H26O5/c1-12-5-4-6-14(11-18)15(19)7-9-17(3,21)10-8-16(20)22-13(12)2/h6-10,12-13,15,18-19,21H,4-5,11H2,1-3H3. The predicted molar refractivity (Wildman–Crippen MR) is 84.0 cm³/mol. The minimum atomic E-state index is -1.39. The summed E-state index contributed by atoms with van der Waals surface area (Å²) in [5.41, 5.74) is -0.899. The molecule has 1 aliphatic rings. The Balaban J connectivity index is 3.03. The Kier molecular flexibility index (Phi) is 7.00. The molecule has 0 spiro atoms. The number of cyclic esters (lactones) is 1. The molecular weight excluding hydrogens is 284 g/mol. The monoisotopic (exact) mass is 310 g/mol. The SMILES string of the molecule is CC1CCC=C(CO)C(O)C=CC(C)(O)C=CC(=O)OC1C. The smallest absolute Gasteiger partial charge is 0.330 e. The Morgan fingerprint density at radius 1 is 1.36 bits per heavy atom. The van der Waals surface area contributed by atoms with Crippen molar-refractivity contribution in [1.29, 1.82) is 0 Å². The van der Waals surface area contributed by atoms with Gasteiger partial charge in [-0.05, 0) is 44.3 Å². The molecule has 0 aromatic heterocycles. The van der Waals surface area contributed by atoms with Crippen LogP contribution in [-0.4, -0.2) is 45.7 Å². The highest BCUT2D eigenvalue weighted by molar-refractivity contribution is 5.82. The zero-order valence-corrected chi connectivity index (χ0v) is 13.4. The van der Waals surface area contributed by atoms with E-state index in [-0.39, 0.29) is 18.6 Å². The van der Waals surface area contributed by atoms with Gasteiger partial charge in [0.2, 0.25) is 0 Å². The first-order valence-corrected chi connectivity index (χ1v) is 7.54. The third-order valence-corrected chi connectivity index (χ3v) is 3.87. The van der Waals surface area contributed by atoms with Crippen LogP contribution < -0.4 is 0 Å². The van der Waals surface area contributed by atoms with E-state index in [4.69, 9.17) is 4.74 Å². The van der Waals surface area contributed by atoms with Crippen LogP contribution >= 0.6 is 0 Å². The van der Waals surface area contributed by atoms with Crippen molar-refractivity contribution in [3.05, 3.63) is 36.0 Å². The first-order chi connectivity index (χ1) is 10.2. The zero-order valence-electron chi connectivity index (χ0n) is 13.4. The fourth-order valence-electron chi connectivity index (χ4n) is 2.09. The van der Waals surface area contributed by atoms with Crippen LogP contribution in [-0.2, 0) is 9.53 Å². The number of ether oxygens (including phenoxy) is 1. The topological polar surface area (TPSA) is 87.0 Å². The molecule has 3 N–H and O–H groups in total. The lowest BCUT2D eigenvalue weighted by molar-refractivity contribution is -0.144. The van der Waals surface area contributed by atoms with Gasteiger partial charge in [-0.2, -0.15) is 0 Å². The molecule has 0 amide bonds. The van der Waals surface area contributed by atoms with Crippen LogP contribution in [0.4, 0.5) is 0 Å². The molecule has 124 valence electrons. The number of hydrogen-bond acceptors (Lipinski definition) is 5. The first kappa shape index (κ1) is 18.6. The molecule has 22 heavy (non-hydrogen) atoms. The van der Waals surface area contributed by atoms with E-state index >= 15 is 0 Å². The largest absolute Gasteiger partial charge is 0.459 e. The Morgan fingerprint density at radius 3 is 2.68 bits per heavy atom. The molecule has 1 heterocycles. The van der Waals surface area contributed by atoms with Crippen LogP contribution in [0.2, 0.25) is 0 Å². The third-order valence-electron chi connectivity index (χ3n) is 3.87. The molecule has 0 fully saturated rings. The molecule has 5 heteroatoms. The van der Waals surface area contributed by atoms with Crippen LogP contribution in [0.15, 0.2) is 36.0 Å². The highest BCUT2D eigenvalue weighted by atomic mass is 16.5. The van der Waals surface area contributed by atoms with Crippen molar-refractivity contribution in [3.63, 3.8) is 0 Å². The van der Waals surface area contributed by atoms with Crippen molar-refractivity contribution < 1.29 is 24.9 Å². The number of rotatable bonds is 1. The van der Waals surface area contributed by atoms with E-state index in [1.807, 2.05) is 13.8 Å². The second kappa shape index (κ2) is 8.27. The maximum Gasteiger partial charge on any atom is 0.330 e. The van der Waals surface area contributed by atoms with E-state index in [1.165, 1.54) is 31.2 Å². The molecule has 0 radical (unpaired) electrons. The number of carbonyl (C=O) groups is 1. The number of hydrogen-bond donors (Lipinski definition) is 3. The van der Waals surface area contributed by atoms with E-state index in [1.54, 1.807) is 6.08 Å². The van der Waals surface area contributed by atoms with Crippen molar-refractivity contribution in [1.82, 2.24) is 0 Å². The summed E-state index contributed by atoms with van der Waals surface area (Å²) >= 11 is 0. The van der Waals surface area contributed by atoms with Gasteiger partial charge in [0.15, 0.2) is 0 Å². The van der Waals surface area contributed by atoms with Crippen molar-refractivity contribution in [3.8, 4) is 0 Å². The van der Waals surface area contributed by atoms with E-state index in [2.05, 4.69) is 0 Å². The second-order valence-electron chi connectivity index (χ2n) is 6.00. The number of allylic oxidation sites excluding steroid dienone is 1. The molecule has 0 aliphatic carbocycles. The fraction of sp³-hybridized carbons (Fsp3) is 0.588. The van der Waals surface area contributed by atoms with Crippen LogP contribution in [0.3, 0.4) is 0 Å². The van der Waals surface area contributed by atoms with E-state index < -0.39 is 17.7 Å². The Morgan fingerprint density at radius 2 is 2.05 bits per heavy atom. The Hall–Kier alpha value is -1.43. The average Bonchev–Trinajstić information content (AvgIpc) is 2.46. The second-order valence-corrected chi connectivity index (χ2v) is 6.00. The number of carbonyl (C=O) groups excluding carboxylic acids is 1. The van der Waals surface area contributed by atoms with Gasteiger partial charge in [-0.25, -0.2) is 4.79 Å². The third kappa shape index (κ3) is 6.13. The van der Waals surface area contributed by atoms with Crippen molar-refractivity contribution in [2.24, 2.45) is 5.92 Å². The number of aliphatic hydroxyl groups excluding tert-OH is 2. The highest BCUT2D eigenvalue weighted by Gasteiger charge is 2.18. The minimum Gasteiger partial charge on any atom is -0.459 e. The molecule has 0 aromatic rings. The van der Waals surface area contributed by atoms with Gasteiger partial charge in [0, 0.05) is 6.08 Å². The van der Waals surface area contributed by atoms with Gasteiger partial charge < -0.3 is 20.1 Å². The first-order valence-electron chi connectivity index (χ1n) is 7.54. The summed E-state index contributed by atoms with van der Waals surface area (Å²) in [6.45, 7) is 5.04. The predicted octanol–water partition coefficient (Wildman–Crippen LogP) is 1.49. The Bertz CT molecular complexity index is 462. The zero-order chi connectivity index (χ0) is 16.8. The molecule has 5 nitrogen and oxygen atoms in total. The van der Waals surface area contributed by atoms with Gasteiger partial charge >= 0.3 is 5.97 Å². The summed E-state index contributed by atoms with van der Waals surface area (Å²) in [6, 6.07) is 0. The lowest BCUT2D eigenvalue weighted by atomic mass is 9.97. The fourth-order valence-corrected chi connectivity index (χ4v) is 2.09. The van der Waals surface area contributed by atoms with Crippen LogP contribution in [0.25, 0.3) is 0 Å². The van der Waals surface area contributed by atoms with Crippen molar-refractivity contribution in [2.75, 3.05) is 6.61 Å². The minimum absolute atomic E-state index is 0.143. The van der Waals surface area contributed by atoms with E-state index in [9.17, 15) is 20.1 Å². The molecule has 0 bridgehead atoms. The van der Waals surface area contributed by atoms with Crippen molar-refractivity contribution >= 4 is 5.97 Å². The van der Waals surface area contributed by atoms with Crippen LogP contribution in [0.5, 0.6) is 0 Å². The van der Waals surface area contributed by atoms with Gasteiger partial charge in [0.1, 0.15) is 6.10 Å². The van der Waals surface area contributed by atoms with Gasteiger partial charge in [-0.15, -0.1) is 0 Å². The lowest BCUT2D eigenvalue weighted by Gasteiger charge is -2.21. The van der Waals surface area contributed by atoms with E-state index in [0.29, 0.717) is 12.0 Å². The van der Waals surface area contributed by atoms with E-state index in [0.717, 1.165) is 6.42 Å². The maximum atomic E-state index is 11.7. The van der Waals surface area contributed by atoms with Gasteiger partial charge in [-0.1, -0.05) is 25.2 Å². The lowest BCUT2D eigenvalue weighted by Crippen LogP contribution is -2.23. The molecule has 1 rings (SSSR count). The molecule has 0 saturated heterocycles. The Labute approximate surface area is 131 Å². The summed E-state index contributed by atoms with van der Waals surface area (Å²) < 4.78 is 5.29. The molecule has 4 unspecified atom stereocenters. The molecular formula is C17H26O5. The molecule has 1 aliphatic heterocycles. The summed E-state index contributed by atoms with van der Waals surface area (Å²) in [6.07, 6.45) is 7.28. The summed E-state index contributed by atoms with van der Waals surface area (Å²) in [4.78, 5) is 11.7. The molecule has 0 aromatic carbocycles. The van der Waals surface area contributed by atoms with Crippen molar-refractivity contribution in [2.45, 2.75) is 51.4 Å².